The van der Waals surface area contributed by atoms with Crippen LogP contribution in [0.15, 0.2) is 40.9 Å². The minimum atomic E-state index is 0.457. The normalized spacial score (nSPS) is 11.8. The molecule has 108 valence electrons. The zero-order valence-corrected chi connectivity index (χ0v) is 12.8. The van der Waals surface area contributed by atoms with Crippen molar-refractivity contribution >= 4 is 39.4 Å². The largest absolute Gasteiger partial charge is 0.383 e. The number of hydrogen-bond acceptors (Lipinski definition) is 5. The van der Waals surface area contributed by atoms with E-state index in [0.717, 1.165) is 5.56 Å². The first-order valence-electron chi connectivity index (χ1n) is 6.74. The lowest BCUT2D eigenvalue weighted by atomic mass is 10.2. The summed E-state index contributed by atoms with van der Waals surface area (Å²) in [6.07, 6.45) is 3.90. The van der Waals surface area contributed by atoms with E-state index < -0.39 is 0 Å². The minimum absolute atomic E-state index is 0.457. The van der Waals surface area contributed by atoms with Gasteiger partial charge in [-0.05, 0) is 37.6 Å². The van der Waals surface area contributed by atoms with E-state index in [1.165, 1.54) is 22.2 Å². The predicted octanol–water partition coefficient (Wildman–Crippen LogP) is 3.71. The number of fused-ring (bicyclic) bond motifs is 1. The Morgan fingerprint density at radius 3 is 2.95 bits per heavy atom. The number of hydrogen-bond donors (Lipinski definition) is 2. The van der Waals surface area contributed by atoms with Crippen molar-refractivity contribution in [3.05, 3.63) is 41.4 Å². The van der Waals surface area contributed by atoms with Crippen LogP contribution in [0.1, 0.15) is 25.5 Å². The number of nitrogens with two attached hydrogens (primary N) is 1. The molecular formula is C15H17N5S. The lowest BCUT2D eigenvalue weighted by Gasteiger charge is -2.08. The molecule has 0 spiro atoms. The average molecular weight is 299 g/mol. The Labute approximate surface area is 127 Å². The van der Waals surface area contributed by atoms with Crippen molar-refractivity contribution in [2.24, 2.45) is 5.10 Å². The molecule has 2 heterocycles. The molecule has 21 heavy (non-hydrogen) atoms. The maximum Gasteiger partial charge on any atom is 0.205 e. The molecule has 3 rings (SSSR count). The van der Waals surface area contributed by atoms with Gasteiger partial charge in [-0.3, -0.25) is 5.43 Å². The first kappa shape index (κ1) is 13.6. The molecule has 0 bridgehead atoms. The minimum Gasteiger partial charge on any atom is -0.383 e. The Morgan fingerprint density at radius 2 is 2.24 bits per heavy atom. The Morgan fingerprint density at radius 1 is 1.38 bits per heavy atom. The van der Waals surface area contributed by atoms with Gasteiger partial charge in [-0.2, -0.15) is 5.10 Å². The summed E-state index contributed by atoms with van der Waals surface area (Å²) in [6.45, 7) is 4.36. The number of benzene rings is 1. The van der Waals surface area contributed by atoms with Gasteiger partial charge >= 0.3 is 0 Å². The van der Waals surface area contributed by atoms with Crippen molar-refractivity contribution in [1.82, 2.24) is 9.55 Å². The van der Waals surface area contributed by atoms with Crippen molar-refractivity contribution in [3.63, 3.8) is 0 Å². The summed E-state index contributed by atoms with van der Waals surface area (Å²) in [4.78, 5) is 4.08. The van der Waals surface area contributed by atoms with Gasteiger partial charge in [0.15, 0.2) is 0 Å². The van der Waals surface area contributed by atoms with Crippen molar-refractivity contribution in [2.75, 3.05) is 11.2 Å². The molecule has 3 N–H and O–H groups in total. The van der Waals surface area contributed by atoms with Crippen LogP contribution in [0.3, 0.4) is 0 Å². The number of thiazole rings is 1. The summed E-state index contributed by atoms with van der Waals surface area (Å²) in [5, 5.41) is 7.87. The van der Waals surface area contributed by atoms with Gasteiger partial charge in [0.05, 0.1) is 6.21 Å². The van der Waals surface area contributed by atoms with E-state index in [2.05, 4.69) is 64.4 Å². The molecule has 0 saturated heterocycles. The predicted molar refractivity (Wildman–Crippen MR) is 90.1 cm³/mol. The average Bonchev–Trinajstić information content (AvgIpc) is 3.04. The molecule has 2 aromatic heterocycles. The summed E-state index contributed by atoms with van der Waals surface area (Å²) in [7, 11) is 0. The van der Waals surface area contributed by atoms with Gasteiger partial charge in [-0.15, -0.1) is 11.3 Å². The first-order chi connectivity index (χ1) is 10.1. The third kappa shape index (κ3) is 2.90. The van der Waals surface area contributed by atoms with Crippen LogP contribution >= 0.6 is 11.3 Å². The zero-order chi connectivity index (χ0) is 14.8. The highest BCUT2D eigenvalue weighted by atomic mass is 32.1. The van der Waals surface area contributed by atoms with Crippen LogP contribution in [0.2, 0.25) is 0 Å². The third-order valence-electron chi connectivity index (χ3n) is 3.20. The second-order valence-electron chi connectivity index (χ2n) is 5.08. The second kappa shape index (κ2) is 5.57. The van der Waals surface area contributed by atoms with Crippen molar-refractivity contribution in [3.8, 4) is 0 Å². The van der Waals surface area contributed by atoms with E-state index in [-0.39, 0.29) is 0 Å². The molecule has 0 aliphatic carbocycles. The number of aromatic nitrogens is 2. The van der Waals surface area contributed by atoms with E-state index in [1.54, 1.807) is 11.6 Å². The second-order valence-corrected chi connectivity index (χ2v) is 5.94. The van der Waals surface area contributed by atoms with Crippen LogP contribution < -0.4 is 11.2 Å². The Kier molecular flexibility index (Phi) is 3.62. The SMILES string of the molecule is CC(C)n1ccc2cc(C=NNc3nc(N)cs3)ccc21. The molecule has 0 radical (unpaired) electrons. The fourth-order valence-corrected chi connectivity index (χ4v) is 2.76. The van der Waals surface area contributed by atoms with Gasteiger partial charge in [-0.1, -0.05) is 6.07 Å². The number of rotatable bonds is 4. The van der Waals surface area contributed by atoms with Gasteiger partial charge in [0.1, 0.15) is 5.82 Å². The van der Waals surface area contributed by atoms with Crippen LogP contribution in [-0.4, -0.2) is 15.8 Å². The molecule has 6 heteroatoms. The molecule has 3 aromatic rings. The third-order valence-corrected chi connectivity index (χ3v) is 3.96. The Bertz CT molecular complexity index is 784. The summed E-state index contributed by atoms with van der Waals surface area (Å²) in [5.41, 5.74) is 10.7. The lowest BCUT2D eigenvalue weighted by Crippen LogP contribution is -1.97. The quantitative estimate of drug-likeness (QED) is 0.570. The topological polar surface area (TPSA) is 68.2 Å². The highest BCUT2D eigenvalue weighted by Crippen LogP contribution is 2.21. The van der Waals surface area contributed by atoms with Gasteiger partial charge < -0.3 is 10.3 Å². The summed E-state index contributed by atoms with van der Waals surface area (Å²) >= 11 is 1.43. The van der Waals surface area contributed by atoms with E-state index >= 15 is 0 Å². The van der Waals surface area contributed by atoms with Crippen LogP contribution in [0.5, 0.6) is 0 Å². The monoisotopic (exact) mass is 299 g/mol. The highest BCUT2D eigenvalue weighted by Gasteiger charge is 2.04. The maximum atomic E-state index is 5.56. The summed E-state index contributed by atoms with van der Waals surface area (Å²) in [5.74, 6) is 0.508. The van der Waals surface area contributed by atoms with E-state index in [9.17, 15) is 0 Å². The molecule has 1 aromatic carbocycles. The molecule has 0 fully saturated rings. The van der Waals surface area contributed by atoms with Crippen LogP contribution in [0, 0.1) is 0 Å². The molecule has 0 aliphatic heterocycles. The zero-order valence-electron chi connectivity index (χ0n) is 11.9. The lowest BCUT2D eigenvalue weighted by molar-refractivity contribution is 0.623. The van der Waals surface area contributed by atoms with Crippen molar-refractivity contribution in [2.45, 2.75) is 19.9 Å². The number of nitrogen functional groups attached to an aromatic ring is 1. The number of nitrogens with zero attached hydrogens (tertiary/aromatic N) is 3. The molecule has 5 nitrogen and oxygen atoms in total. The molecule has 0 unspecified atom stereocenters. The van der Waals surface area contributed by atoms with Gasteiger partial charge in [0, 0.05) is 28.5 Å². The van der Waals surface area contributed by atoms with E-state index in [4.69, 9.17) is 5.73 Å². The van der Waals surface area contributed by atoms with Gasteiger partial charge in [0.2, 0.25) is 5.13 Å². The number of anilines is 2. The fraction of sp³-hybridized carbons (Fsp3) is 0.200. The molecular weight excluding hydrogens is 282 g/mol. The number of nitrogens with one attached hydrogen (secondary N) is 1. The number of hydrazone groups is 1. The standard InChI is InChI=1S/C15H17N5S/c1-10(2)20-6-5-12-7-11(3-4-13(12)20)8-17-19-15-18-14(16)9-21-15/h3-10H,16H2,1-2H3,(H,18,19). The van der Waals surface area contributed by atoms with Crippen LogP contribution in [0.25, 0.3) is 10.9 Å². The Balaban J connectivity index is 1.78. The van der Waals surface area contributed by atoms with Gasteiger partial charge in [-0.25, -0.2) is 4.98 Å². The first-order valence-corrected chi connectivity index (χ1v) is 7.62. The molecule has 0 saturated carbocycles. The molecule has 0 atom stereocenters. The van der Waals surface area contributed by atoms with Crippen LogP contribution in [0.4, 0.5) is 10.9 Å². The molecule has 0 aliphatic rings. The van der Waals surface area contributed by atoms with E-state index in [0.29, 0.717) is 17.0 Å². The maximum absolute atomic E-state index is 5.56. The highest BCUT2D eigenvalue weighted by molar-refractivity contribution is 7.14. The Hall–Kier alpha value is -2.34. The van der Waals surface area contributed by atoms with E-state index in [1.807, 2.05) is 0 Å². The summed E-state index contributed by atoms with van der Waals surface area (Å²) < 4.78 is 2.26. The summed E-state index contributed by atoms with van der Waals surface area (Å²) in [6, 6.07) is 8.89. The van der Waals surface area contributed by atoms with Crippen molar-refractivity contribution < 1.29 is 0 Å². The smallest absolute Gasteiger partial charge is 0.205 e. The van der Waals surface area contributed by atoms with Crippen LogP contribution in [-0.2, 0) is 0 Å². The van der Waals surface area contributed by atoms with Crippen molar-refractivity contribution in [1.29, 1.82) is 0 Å². The molecule has 0 amide bonds. The fourth-order valence-electron chi connectivity index (χ4n) is 2.21. The van der Waals surface area contributed by atoms with Gasteiger partial charge in [0.25, 0.3) is 0 Å².